The Hall–Kier alpha value is -0.680. The highest BCUT2D eigenvalue weighted by Gasteiger charge is 1.96. The number of rotatable bonds is 6. The summed E-state index contributed by atoms with van der Waals surface area (Å²) in [6, 6.07) is 0. The van der Waals surface area contributed by atoms with E-state index in [1.165, 1.54) is 0 Å². The van der Waals surface area contributed by atoms with Gasteiger partial charge in [0, 0.05) is 47.3 Å². The van der Waals surface area contributed by atoms with Crippen molar-refractivity contribution in [1.29, 1.82) is 0 Å². The topological polar surface area (TPSA) is 57.8 Å². The van der Waals surface area contributed by atoms with E-state index in [1.54, 1.807) is 12.5 Å². The Morgan fingerprint density at radius 3 is 3.15 bits per heavy atom. The van der Waals surface area contributed by atoms with Crippen molar-refractivity contribution in [2.75, 3.05) is 18.1 Å². The minimum Gasteiger partial charge on any atom is -0.347 e. The number of imidazole rings is 1. The van der Waals surface area contributed by atoms with Gasteiger partial charge in [-0.05, 0) is 0 Å². The molecule has 1 atom stereocenters. The van der Waals surface area contributed by atoms with Gasteiger partial charge in [0.2, 0.25) is 0 Å². The summed E-state index contributed by atoms with van der Waals surface area (Å²) in [6.07, 6.45) is 3.44. The van der Waals surface area contributed by atoms with Crippen LogP contribution < -0.4 is 5.32 Å². The zero-order valence-electron chi connectivity index (χ0n) is 7.75. The average molecular weight is 201 g/mol. The normalized spacial score (nSPS) is 13.0. The summed E-state index contributed by atoms with van der Waals surface area (Å²) in [4.78, 5) is 6.89. The van der Waals surface area contributed by atoms with E-state index in [9.17, 15) is 4.21 Å². The molecule has 0 spiro atoms. The number of hydrogen-bond acceptors (Lipinski definition) is 3. The van der Waals surface area contributed by atoms with Gasteiger partial charge in [-0.1, -0.05) is 6.92 Å². The van der Waals surface area contributed by atoms with Crippen molar-refractivity contribution in [1.82, 2.24) is 15.3 Å². The van der Waals surface area contributed by atoms with Crippen LogP contribution in [0.5, 0.6) is 0 Å². The third kappa shape index (κ3) is 4.19. The fourth-order valence-electron chi connectivity index (χ4n) is 0.935. The molecule has 1 rings (SSSR count). The minimum atomic E-state index is -0.664. The maximum atomic E-state index is 11.0. The van der Waals surface area contributed by atoms with Crippen LogP contribution in [0.15, 0.2) is 12.5 Å². The monoisotopic (exact) mass is 201 g/mol. The van der Waals surface area contributed by atoms with Gasteiger partial charge in [0.1, 0.15) is 0 Å². The van der Waals surface area contributed by atoms with Gasteiger partial charge in [0.05, 0.1) is 6.33 Å². The van der Waals surface area contributed by atoms with Gasteiger partial charge in [-0.15, -0.1) is 0 Å². The van der Waals surface area contributed by atoms with E-state index in [0.29, 0.717) is 0 Å². The zero-order valence-corrected chi connectivity index (χ0v) is 8.56. The summed E-state index contributed by atoms with van der Waals surface area (Å²) in [7, 11) is -0.664. The van der Waals surface area contributed by atoms with Crippen molar-refractivity contribution in [3.8, 4) is 0 Å². The predicted octanol–water partition coefficient (Wildman–Crippen LogP) is 0.268. The number of nitrogens with one attached hydrogen (secondary N) is 2. The molecule has 0 bridgehead atoms. The van der Waals surface area contributed by atoms with E-state index in [0.717, 1.165) is 30.3 Å². The van der Waals surface area contributed by atoms with Crippen LogP contribution in [-0.4, -0.2) is 32.2 Å². The number of hydrogen-bond donors (Lipinski definition) is 2. The number of aromatic amines is 1. The van der Waals surface area contributed by atoms with Gasteiger partial charge in [-0.2, -0.15) is 0 Å². The molecule has 5 heteroatoms. The molecule has 2 N–H and O–H groups in total. The largest absolute Gasteiger partial charge is 0.347 e. The Bertz CT molecular complexity index is 248. The zero-order chi connectivity index (χ0) is 9.52. The second-order valence-electron chi connectivity index (χ2n) is 2.69. The highest BCUT2D eigenvalue weighted by atomic mass is 32.2. The lowest BCUT2D eigenvalue weighted by Gasteiger charge is -2.01. The van der Waals surface area contributed by atoms with E-state index in [2.05, 4.69) is 15.3 Å². The van der Waals surface area contributed by atoms with Gasteiger partial charge in [0.25, 0.3) is 0 Å². The Labute approximate surface area is 80.6 Å². The first-order chi connectivity index (χ1) is 6.33. The second kappa shape index (κ2) is 5.88. The Morgan fingerprint density at radius 2 is 2.54 bits per heavy atom. The number of nitrogens with zero attached hydrogens (tertiary/aromatic N) is 1. The highest BCUT2D eigenvalue weighted by molar-refractivity contribution is 7.84. The Kier molecular flexibility index (Phi) is 4.70. The Balaban J connectivity index is 2.05. The Morgan fingerprint density at radius 1 is 1.69 bits per heavy atom. The van der Waals surface area contributed by atoms with Crippen molar-refractivity contribution in [3.63, 3.8) is 0 Å². The summed E-state index contributed by atoms with van der Waals surface area (Å²) < 4.78 is 11.0. The molecule has 0 aromatic carbocycles. The van der Waals surface area contributed by atoms with Gasteiger partial charge < -0.3 is 10.3 Å². The van der Waals surface area contributed by atoms with E-state index in [1.807, 2.05) is 6.92 Å². The molecule has 0 aliphatic heterocycles. The van der Waals surface area contributed by atoms with Crippen LogP contribution in [0.4, 0.5) is 0 Å². The van der Waals surface area contributed by atoms with Crippen molar-refractivity contribution in [2.24, 2.45) is 0 Å². The highest BCUT2D eigenvalue weighted by Crippen LogP contribution is 1.88. The first kappa shape index (κ1) is 10.4. The molecule has 74 valence electrons. The lowest BCUT2D eigenvalue weighted by atomic mass is 10.5. The van der Waals surface area contributed by atoms with Crippen LogP contribution in [0.2, 0.25) is 0 Å². The first-order valence-corrected chi connectivity index (χ1v) is 5.84. The molecule has 0 aliphatic rings. The smallest absolute Gasteiger partial charge is 0.0922 e. The van der Waals surface area contributed by atoms with Crippen LogP contribution in [0, 0.1) is 0 Å². The lowest BCUT2D eigenvalue weighted by Crippen LogP contribution is -2.20. The molecule has 0 saturated carbocycles. The summed E-state index contributed by atoms with van der Waals surface area (Å²) >= 11 is 0. The van der Waals surface area contributed by atoms with Gasteiger partial charge in [-0.3, -0.25) is 4.21 Å². The van der Waals surface area contributed by atoms with E-state index in [-0.39, 0.29) is 0 Å². The SMILES string of the molecule is CCS(=O)CCNCc1cnc[nH]1. The van der Waals surface area contributed by atoms with E-state index < -0.39 is 10.8 Å². The second-order valence-corrected chi connectivity index (χ2v) is 4.55. The van der Waals surface area contributed by atoms with Crippen molar-refractivity contribution < 1.29 is 4.21 Å². The predicted molar refractivity (Wildman–Crippen MR) is 53.8 cm³/mol. The average Bonchev–Trinajstić information content (AvgIpc) is 2.64. The van der Waals surface area contributed by atoms with Crippen LogP contribution in [0.3, 0.4) is 0 Å². The van der Waals surface area contributed by atoms with Gasteiger partial charge in [0.15, 0.2) is 0 Å². The summed E-state index contributed by atoms with van der Waals surface area (Å²) in [5.74, 6) is 1.47. The van der Waals surface area contributed by atoms with Crippen molar-refractivity contribution in [3.05, 3.63) is 18.2 Å². The molecule has 4 nitrogen and oxygen atoms in total. The lowest BCUT2D eigenvalue weighted by molar-refractivity contribution is 0.672. The molecular formula is C8H15N3OS. The summed E-state index contributed by atoms with van der Waals surface area (Å²) in [5, 5.41) is 3.19. The number of aromatic nitrogens is 2. The fourth-order valence-corrected chi connectivity index (χ4v) is 1.60. The van der Waals surface area contributed by atoms with Crippen LogP contribution in [-0.2, 0) is 17.3 Å². The maximum absolute atomic E-state index is 11.0. The van der Waals surface area contributed by atoms with Crippen molar-refractivity contribution >= 4 is 10.8 Å². The van der Waals surface area contributed by atoms with Gasteiger partial charge in [-0.25, -0.2) is 4.98 Å². The van der Waals surface area contributed by atoms with Crippen LogP contribution in [0.1, 0.15) is 12.6 Å². The molecule has 1 heterocycles. The standard InChI is InChI=1S/C8H15N3OS/c1-2-13(12)4-3-9-5-8-6-10-7-11-8/h6-7,9H,2-5H2,1H3,(H,10,11). The fraction of sp³-hybridized carbons (Fsp3) is 0.625. The quantitative estimate of drug-likeness (QED) is 0.649. The van der Waals surface area contributed by atoms with E-state index >= 15 is 0 Å². The molecule has 13 heavy (non-hydrogen) atoms. The van der Waals surface area contributed by atoms with E-state index in [4.69, 9.17) is 0 Å². The molecular weight excluding hydrogens is 186 g/mol. The summed E-state index contributed by atoms with van der Waals surface area (Å²) in [6.45, 7) is 3.49. The molecule has 0 fully saturated rings. The minimum absolute atomic E-state index is 0.664. The third-order valence-corrected chi connectivity index (χ3v) is 3.00. The molecule has 0 aliphatic carbocycles. The summed E-state index contributed by atoms with van der Waals surface area (Å²) in [5.41, 5.74) is 1.06. The molecule has 0 radical (unpaired) electrons. The van der Waals surface area contributed by atoms with Crippen LogP contribution in [0.25, 0.3) is 0 Å². The first-order valence-electron chi connectivity index (χ1n) is 4.36. The maximum Gasteiger partial charge on any atom is 0.0922 e. The molecule has 0 amide bonds. The molecule has 1 aromatic rings. The van der Waals surface area contributed by atoms with Gasteiger partial charge >= 0.3 is 0 Å². The third-order valence-electron chi connectivity index (χ3n) is 1.70. The van der Waals surface area contributed by atoms with Crippen LogP contribution >= 0.6 is 0 Å². The number of H-pyrrole nitrogens is 1. The molecule has 1 aromatic heterocycles. The van der Waals surface area contributed by atoms with Crippen molar-refractivity contribution in [2.45, 2.75) is 13.5 Å². The molecule has 0 saturated heterocycles. The molecule has 1 unspecified atom stereocenters.